The molecule has 1 N–H and O–H groups in total. The van der Waals surface area contributed by atoms with E-state index in [1.165, 1.54) is 0 Å². The van der Waals surface area contributed by atoms with Crippen molar-refractivity contribution >= 4 is 27.3 Å². The molecular weight excluding hydrogens is 321 g/mol. The van der Waals surface area contributed by atoms with E-state index >= 15 is 0 Å². The number of halogens is 4. The maximum Gasteiger partial charge on any atom is 0.194 e. The smallest absolute Gasteiger partial charge is 0.194 e. The largest absolute Gasteiger partial charge is 0.354 e. The van der Waals surface area contributed by atoms with Crippen molar-refractivity contribution in [3.8, 4) is 6.07 Å². The van der Waals surface area contributed by atoms with Gasteiger partial charge in [-0.1, -0.05) is 6.07 Å². The molecule has 2 nitrogen and oxygen atoms in total. The van der Waals surface area contributed by atoms with Gasteiger partial charge in [-0.15, -0.1) is 0 Å². The van der Waals surface area contributed by atoms with E-state index in [9.17, 15) is 13.2 Å². The molecule has 0 saturated heterocycles. The maximum atomic E-state index is 13.1. The van der Waals surface area contributed by atoms with Gasteiger partial charge >= 0.3 is 0 Å². The van der Waals surface area contributed by atoms with Crippen molar-refractivity contribution in [3.05, 3.63) is 57.8 Å². The summed E-state index contributed by atoms with van der Waals surface area (Å²) in [5.41, 5.74) is 0.668. The lowest BCUT2D eigenvalue weighted by molar-refractivity contribution is 0.448. The molecule has 0 aliphatic carbocycles. The first-order valence-corrected chi connectivity index (χ1v) is 5.92. The number of hydrogen-bond acceptors (Lipinski definition) is 2. The molecule has 0 amide bonds. The van der Waals surface area contributed by atoms with Crippen LogP contribution in [0.4, 0.5) is 24.5 Å². The van der Waals surface area contributed by atoms with E-state index < -0.39 is 17.5 Å². The van der Waals surface area contributed by atoms with E-state index in [2.05, 4.69) is 21.2 Å². The van der Waals surface area contributed by atoms with Crippen molar-refractivity contribution in [2.24, 2.45) is 0 Å². The van der Waals surface area contributed by atoms with Gasteiger partial charge in [-0.2, -0.15) is 5.26 Å². The third kappa shape index (κ3) is 2.71. The monoisotopic (exact) mass is 326 g/mol. The molecule has 2 rings (SSSR count). The Balaban J connectivity index is 2.43. The summed E-state index contributed by atoms with van der Waals surface area (Å²) in [4.78, 5) is 0. The topological polar surface area (TPSA) is 35.8 Å². The van der Waals surface area contributed by atoms with Crippen LogP contribution in [0.2, 0.25) is 0 Å². The standard InChI is InChI=1S/C13H6BrF3N2/c14-9-2-1-3-12(8(9)6-18)19-7-4-10(15)13(17)11(16)5-7/h1-5,19H. The molecule has 0 aliphatic heterocycles. The Kier molecular flexibility index (Phi) is 3.76. The molecule has 96 valence electrons. The Morgan fingerprint density at radius 2 is 1.74 bits per heavy atom. The summed E-state index contributed by atoms with van der Waals surface area (Å²) < 4.78 is 39.5. The van der Waals surface area contributed by atoms with E-state index in [0.717, 1.165) is 12.1 Å². The summed E-state index contributed by atoms with van der Waals surface area (Å²) in [6.07, 6.45) is 0. The molecule has 6 heteroatoms. The predicted molar refractivity (Wildman–Crippen MR) is 68.5 cm³/mol. The number of anilines is 2. The zero-order valence-corrected chi connectivity index (χ0v) is 10.9. The Morgan fingerprint density at radius 3 is 2.32 bits per heavy atom. The highest BCUT2D eigenvalue weighted by Crippen LogP contribution is 2.27. The fourth-order valence-electron chi connectivity index (χ4n) is 1.53. The van der Waals surface area contributed by atoms with Gasteiger partial charge in [0.05, 0.1) is 11.3 Å². The minimum Gasteiger partial charge on any atom is -0.354 e. The fourth-order valence-corrected chi connectivity index (χ4v) is 1.98. The van der Waals surface area contributed by atoms with Gasteiger partial charge in [-0.05, 0) is 28.1 Å². The van der Waals surface area contributed by atoms with Gasteiger partial charge < -0.3 is 5.32 Å². The summed E-state index contributed by atoms with van der Waals surface area (Å²) in [6, 6.07) is 8.48. The van der Waals surface area contributed by atoms with Crippen LogP contribution >= 0.6 is 15.9 Å². The lowest BCUT2D eigenvalue weighted by Gasteiger charge is -2.10. The van der Waals surface area contributed by atoms with Crippen molar-refractivity contribution < 1.29 is 13.2 Å². The first kappa shape index (κ1) is 13.4. The Bertz CT molecular complexity index is 657. The molecule has 0 unspecified atom stereocenters. The molecule has 2 aromatic rings. The molecular formula is C13H6BrF3N2. The second kappa shape index (κ2) is 5.33. The van der Waals surface area contributed by atoms with Gasteiger partial charge in [0.15, 0.2) is 17.5 Å². The summed E-state index contributed by atoms with van der Waals surface area (Å²) in [5.74, 6) is -4.12. The minimum absolute atomic E-state index is 0.0194. The average molecular weight is 327 g/mol. The van der Waals surface area contributed by atoms with Crippen LogP contribution in [-0.4, -0.2) is 0 Å². The lowest BCUT2D eigenvalue weighted by atomic mass is 10.2. The van der Waals surface area contributed by atoms with E-state index in [1.54, 1.807) is 18.2 Å². The third-order valence-electron chi connectivity index (χ3n) is 2.39. The highest BCUT2D eigenvalue weighted by atomic mass is 79.9. The Morgan fingerprint density at radius 1 is 1.11 bits per heavy atom. The molecule has 0 saturated carbocycles. The van der Waals surface area contributed by atoms with Crippen LogP contribution in [-0.2, 0) is 0 Å². The zero-order valence-electron chi connectivity index (χ0n) is 9.35. The van der Waals surface area contributed by atoms with Crippen LogP contribution in [0.1, 0.15) is 5.56 Å². The van der Waals surface area contributed by atoms with Crippen molar-refractivity contribution in [1.29, 1.82) is 5.26 Å². The summed E-state index contributed by atoms with van der Waals surface area (Å²) in [5, 5.41) is 11.7. The van der Waals surface area contributed by atoms with Gasteiger partial charge in [0.2, 0.25) is 0 Å². The summed E-state index contributed by atoms with van der Waals surface area (Å²) in [7, 11) is 0. The van der Waals surface area contributed by atoms with Gasteiger partial charge in [0, 0.05) is 22.3 Å². The maximum absolute atomic E-state index is 13.1. The molecule has 0 spiro atoms. The van der Waals surface area contributed by atoms with Gasteiger partial charge in [-0.3, -0.25) is 0 Å². The number of rotatable bonds is 2. The molecule has 0 radical (unpaired) electrons. The molecule has 19 heavy (non-hydrogen) atoms. The van der Waals surface area contributed by atoms with Crippen LogP contribution in [0.5, 0.6) is 0 Å². The molecule has 0 bridgehead atoms. The molecule has 0 aromatic heterocycles. The number of nitrogens with zero attached hydrogens (tertiary/aromatic N) is 1. The van der Waals surface area contributed by atoms with Crippen LogP contribution in [0.3, 0.4) is 0 Å². The summed E-state index contributed by atoms with van der Waals surface area (Å²) >= 11 is 3.19. The van der Waals surface area contributed by atoms with E-state index in [1.807, 2.05) is 6.07 Å². The number of hydrogen-bond donors (Lipinski definition) is 1. The highest BCUT2D eigenvalue weighted by molar-refractivity contribution is 9.10. The number of nitriles is 1. The van der Waals surface area contributed by atoms with Gasteiger partial charge in [-0.25, -0.2) is 13.2 Å². The molecule has 2 aromatic carbocycles. The van der Waals surface area contributed by atoms with Gasteiger partial charge in [0.25, 0.3) is 0 Å². The summed E-state index contributed by atoms with van der Waals surface area (Å²) in [6.45, 7) is 0. The van der Waals surface area contributed by atoms with Crippen molar-refractivity contribution in [2.45, 2.75) is 0 Å². The van der Waals surface area contributed by atoms with Crippen molar-refractivity contribution in [1.82, 2.24) is 0 Å². The first-order chi connectivity index (χ1) is 9.02. The molecule has 0 fully saturated rings. The van der Waals surface area contributed by atoms with Crippen LogP contribution in [0, 0.1) is 28.8 Å². The predicted octanol–water partition coefficient (Wildman–Crippen LogP) is 4.48. The Hall–Kier alpha value is -2.00. The van der Waals surface area contributed by atoms with E-state index in [0.29, 0.717) is 10.2 Å². The average Bonchev–Trinajstić information content (AvgIpc) is 2.36. The third-order valence-corrected chi connectivity index (χ3v) is 3.05. The molecule has 0 heterocycles. The number of nitrogens with one attached hydrogen (secondary N) is 1. The SMILES string of the molecule is N#Cc1c(Br)cccc1Nc1cc(F)c(F)c(F)c1. The van der Waals surface area contributed by atoms with E-state index in [4.69, 9.17) is 5.26 Å². The first-order valence-electron chi connectivity index (χ1n) is 5.13. The quantitative estimate of drug-likeness (QED) is 0.826. The van der Waals surface area contributed by atoms with Crippen LogP contribution < -0.4 is 5.32 Å². The number of benzene rings is 2. The Labute approximate surface area is 115 Å². The van der Waals surface area contributed by atoms with E-state index in [-0.39, 0.29) is 11.3 Å². The minimum atomic E-state index is -1.53. The highest BCUT2D eigenvalue weighted by Gasteiger charge is 2.12. The van der Waals surface area contributed by atoms with Gasteiger partial charge in [0.1, 0.15) is 6.07 Å². The fraction of sp³-hybridized carbons (Fsp3) is 0. The van der Waals surface area contributed by atoms with Crippen LogP contribution in [0.25, 0.3) is 0 Å². The van der Waals surface area contributed by atoms with Crippen molar-refractivity contribution in [3.63, 3.8) is 0 Å². The second-order valence-electron chi connectivity index (χ2n) is 3.65. The lowest BCUT2D eigenvalue weighted by Crippen LogP contribution is -1.98. The zero-order chi connectivity index (χ0) is 14.0. The van der Waals surface area contributed by atoms with Crippen LogP contribution in [0.15, 0.2) is 34.8 Å². The second-order valence-corrected chi connectivity index (χ2v) is 4.51. The normalized spacial score (nSPS) is 10.1. The molecule has 0 aliphatic rings. The van der Waals surface area contributed by atoms with Crippen molar-refractivity contribution in [2.75, 3.05) is 5.32 Å². The molecule has 0 atom stereocenters.